The van der Waals surface area contributed by atoms with Crippen molar-refractivity contribution in [2.45, 2.75) is 51.1 Å². The maximum Gasteiger partial charge on any atom is 0.329 e. The monoisotopic (exact) mass is 346 g/mol. The first kappa shape index (κ1) is 17.7. The Kier molecular flexibility index (Phi) is 5.27. The van der Waals surface area contributed by atoms with E-state index in [0.29, 0.717) is 13.3 Å². The first-order valence-corrected chi connectivity index (χ1v) is 9.21. The summed E-state index contributed by atoms with van der Waals surface area (Å²) in [5.41, 5.74) is 0.523. The minimum atomic E-state index is -0.630. The Balaban J connectivity index is 1.59. The minimum Gasteiger partial charge on any atom is -0.494 e. The molecule has 2 fully saturated rings. The molecule has 1 saturated carbocycles. The second-order valence-electron chi connectivity index (χ2n) is 7.18. The number of ether oxygens (including phenoxy) is 1. The number of rotatable bonds is 6. The number of quaternary nitrogens is 1. The normalized spacial score (nSPS) is 20.6. The molecular formula is C19H28N3O3+. The van der Waals surface area contributed by atoms with Gasteiger partial charge in [-0.25, -0.2) is 9.69 Å². The van der Waals surface area contributed by atoms with Crippen LogP contribution in [-0.4, -0.2) is 42.7 Å². The second kappa shape index (κ2) is 7.44. The van der Waals surface area contributed by atoms with Gasteiger partial charge in [0.05, 0.1) is 13.7 Å². The van der Waals surface area contributed by atoms with Gasteiger partial charge >= 0.3 is 6.03 Å². The highest BCUT2D eigenvalue weighted by Crippen LogP contribution is 2.33. The highest BCUT2D eigenvalue weighted by molar-refractivity contribution is 6.06. The summed E-state index contributed by atoms with van der Waals surface area (Å²) in [7, 11) is 2.00. The molecule has 1 heterocycles. The Labute approximate surface area is 149 Å². The highest BCUT2D eigenvalue weighted by Gasteiger charge is 2.52. The number of amides is 3. The molecule has 136 valence electrons. The number of nitrogens with zero attached hydrogens (tertiary/aromatic N) is 1. The van der Waals surface area contributed by atoms with E-state index in [0.717, 1.165) is 54.9 Å². The zero-order valence-electron chi connectivity index (χ0n) is 15.1. The first-order valence-electron chi connectivity index (χ1n) is 9.21. The van der Waals surface area contributed by atoms with Crippen molar-refractivity contribution in [1.29, 1.82) is 0 Å². The van der Waals surface area contributed by atoms with E-state index in [9.17, 15) is 9.59 Å². The topological polar surface area (TPSA) is 63.1 Å². The molecule has 1 saturated heterocycles. The molecule has 3 amide bonds. The molecule has 1 unspecified atom stereocenters. The summed E-state index contributed by atoms with van der Waals surface area (Å²) in [4.78, 5) is 27.6. The lowest BCUT2D eigenvalue weighted by atomic mass is 9.82. The van der Waals surface area contributed by atoms with Gasteiger partial charge in [-0.1, -0.05) is 19.3 Å². The lowest BCUT2D eigenvalue weighted by Gasteiger charge is -2.30. The molecule has 1 aliphatic carbocycles. The summed E-state index contributed by atoms with van der Waals surface area (Å²) < 4.78 is 5.45. The van der Waals surface area contributed by atoms with Crippen molar-refractivity contribution in [1.82, 2.24) is 10.2 Å². The van der Waals surface area contributed by atoms with Gasteiger partial charge in [0.1, 0.15) is 17.8 Å². The van der Waals surface area contributed by atoms with Gasteiger partial charge in [-0.3, -0.25) is 4.79 Å². The maximum absolute atomic E-state index is 12.8. The van der Waals surface area contributed by atoms with Crippen LogP contribution in [-0.2, 0) is 11.3 Å². The van der Waals surface area contributed by atoms with Gasteiger partial charge in [0.2, 0.25) is 0 Å². The fraction of sp³-hybridized carbons (Fsp3) is 0.579. The lowest BCUT2D eigenvalue weighted by molar-refractivity contribution is -0.901. The number of hydrogen-bond donors (Lipinski definition) is 2. The average Bonchev–Trinajstić information content (AvgIpc) is 2.82. The molecule has 25 heavy (non-hydrogen) atoms. The zero-order chi connectivity index (χ0) is 17.9. The number of carbonyl (C=O) groups excluding carboxylic acids is 2. The molecule has 1 aromatic carbocycles. The van der Waals surface area contributed by atoms with E-state index < -0.39 is 5.54 Å². The summed E-state index contributed by atoms with van der Waals surface area (Å²) >= 11 is 0. The summed E-state index contributed by atoms with van der Waals surface area (Å²) in [6.07, 6.45) is 4.70. The third-order valence-corrected chi connectivity index (χ3v) is 5.12. The van der Waals surface area contributed by atoms with E-state index in [1.54, 1.807) is 0 Å². The third-order valence-electron chi connectivity index (χ3n) is 5.12. The van der Waals surface area contributed by atoms with Gasteiger partial charge in [-0.05, 0) is 44.0 Å². The number of carbonyl (C=O) groups is 2. The summed E-state index contributed by atoms with van der Waals surface area (Å²) in [6.45, 7) is 3.75. The second-order valence-corrected chi connectivity index (χ2v) is 7.18. The molecule has 6 heteroatoms. The van der Waals surface area contributed by atoms with Crippen molar-refractivity contribution >= 4 is 11.9 Å². The van der Waals surface area contributed by atoms with E-state index in [4.69, 9.17) is 4.74 Å². The van der Waals surface area contributed by atoms with Crippen LogP contribution >= 0.6 is 0 Å². The highest BCUT2D eigenvalue weighted by atomic mass is 16.5. The Hall–Kier alpha value is -2.08. The Morgan fingerprint density at radius 3 is 2.48 bits per heavy atom. The third kappa shape index (κ3) is 3.79. The smallest absolute Gasteiger partial charge is 0.329 e. The van der Waals surface area contributed by atoms with Crippen LogP contribution in [0, 0.1) is 0 Å². The molecular weight excluding hydrogens is 318 g/mol. The molecule has 0 radical (unpaired) electrons. The molecule has 1 aromatic rings. The molecule has 3 rings (SSSR count). The summed E-state index contributed by atoms with van der Waals surface area (Å²) in [6, 6.07) is 7.73. The Bertz CT molecular complexity index is 623. The van der Waals surface area contributed by atoms with E-state index >= 15 is 0 Å². The van der Waals surface area contributed by atoms with Crippen LogP contribution in [0.1, 0.15) is 44.6 Å². The molecule has 2 N–H and O–H groups in total. The zero-order valence-corrected chi connectivity index (χ0v) is 15.1. The van der Waals surface area contributed by atoms with Crippen LogP contribution in [0.15, 0.2) is 24.3 Å². The fourth-order valence-electron chi connectivity index (χ4n) is 3.86. The predicted molar refractivity (Wildman–Crippen MR) is 94.3 cm³/mol. The van der Waals surface area contributed by atoms with Gasteiger partial charge < -0.3 is 15.0 Å². The summed E-state index contributed by atoms with van der Waals surface area (Å²) in [5, 5.41) is 2.97. The maximum atomic E-state index is 12.8. The fourth-order valence-corrected chi connectivity index (χ4v) is 3.86. The molecule has 1 spiro atoms. The van der Waals surface area contributed by atoms with Gasteiger partial charge in [0, 0.05) is 5.56 Å². The van der Waals surface area contributed by atoms with Crippen molar-refractivity contribution in [2.24, 2.45) is 0 Å². The van der Waals surface area contributed by atoms with Crippen LogP contribution in [0.25, 0.3) is 0 Å². The summed E-state index contributed by atoms with van der Waals surface area (Å²) in [5.74, 6) is 0.820. The van der Waals surface area contributed by atoms with E-state index in [1.807, 2.05) is 38.2 Å². The van der Waals surface area contributed by atoms with Gasteiger partial charge in [-0.2, -0.15) is 0 Å². The lowest BCUT2D eigenvalue weighted by Crippen LogP contribution is -3.09. The average molecular weight is 346 g/mol. The van der Waals surface area contributed by atoms with E-state index in [-0.39, 0.29) is 11.9 Å². The number of imide groups is 1. The van der Waals surface area contributed by atoms with Crippen LogP contribution in [0.2, 0.25) is 0 Å². The number of benzene rings is 1. The molecule has 0 bridgehead atoms. The molecule has 6 nitrogen and oxygen atoms in total. The van der Waals surface area contributed by atoms with Crippen LogP contribution in [0.3, 0.4) is 0 Å². The van der Waals surface area contributed by atoms with Crippen molar-refractivity contribution in [2.75, 3.05) is 20.3 Å². The van der Waals surface area contributed by atoms with Crippen molar-refractivity contribution < 1.29 is 19.2 Å². The van der Waals surface area contributed by atoms with Crippen LogP contribution in [0.4, 0.5) is 4.79 Å². The number of urea groups is 1. The van der Waals surface area contributed by atoms with Crippen LogP contribution < -0.4 is 15.0 Å². The van der Waals surface area contributed by atoms with Crippen LogP contribution in [0.5, 0.6) is 5.75 Å². The quantitative estimate of drug-likeness (QED) is 0.764. The standard InChI is InChI=1S/C19H27N3O3/c1-3-25-16-9-7-15(8-10-16)13-21(2)14-22-17(23)19(20-18(22)24)11-5-4-6-12-19/h7-10H,3-6,11-14H2,1-2H3,(H,20,24)/p+1. The molecule has 1 aliphatic heterocycles. The molecule has 2 aliphatic rings. The van der Waals surface area contributed by atoms with E-state index in [2.05, 4.69) is 5.32 Å². The first-order chi connectivity index (χ1) is 12.0. The predicted octanol–water partition coefficient (Wildman–Crippen LogP) is 1.31. The molecule has 0 aromatic heterocycles. The van der Waals surface area contributed by atoms with Crippen molar-refractivity contribution in [3.05, 3.63) is 29.8 Å². The number of hydrogen-bond acceptors (Lipinski definition) is 3. The number of nitrogens with one attached hydrogen (secondary N) is 2. The van der Waals surface area contributed by atoms with E-state index in [1.165, 1.54) is 4.90 Å². The van der Waals surface area contributed by atoms with Gasteiger partial charge in [0.25, 0.3) is 5.91 Å². The minimum absolute atomic E-state index is 0.0387. The van der Waals surface area contributed by atoms with Crippen molar-refractivity contribution in [3.63, 3.8) is 0 Å². The van der Waals surface area contributed by atoms with Gasteiger partial charge in [-0.15, -0.1) is 0 Å². The largest absolute Gasteiger partial charge is 0.494 e. The van der Waals surface area contributed by atoms with Crippen molar-refractivity contribution in [3.8, 4) is 5.75 Å². The Morgan fingerprint density at radius 1 is 1.16 bits per heavy atom. The SMILES string of the molecule is CCOc1ccc(C[NH+](C)CN2C(=O)NC3(CCCCC3)C2=O)cc1. The van der Waals surface area contributed by atoms with Gasteiger partial charge in [0.15, 0.2) is 6.67 Å². The Morgan fingerprint density at radius 2 is 1.84 bits per heavy atom. The molecule has 1 atom stereocenters.